The molecule has 0 aromatic heterocycles. The number of hydrogen-bond acceptors (Lipinski definition) is 13. The molecule has 0 bridgehead atoms. The van der Waals surface area contributed by atoms with E-state index in [1.807, 2.05) is 75.6 Å². The van der Waals surface area contributed by atoms with Crippen molar-refractivity contribution >= 4 is 59.4 Å². The topological polar surface area (TPSA) is 225 Å². The van der Waals surface area contributed by atoms with E-state index in [2.05, 4.69) is 4.99 Å². The average Bonchev–Trinajstić information content (AvgIpc) is 3.57. The predicted molar refractivity (Wildman–Crippen MR) is 196 cm³/mol. The fourth-order valence-electron chi connectivity index (χ4n) is 7.11. The minimum Gasteiger partial charge on any atom is -0.748 e. The lowest BCUT2D eigenvalue weighted by Crippen LogP contribution is -2.30. The molecule has 0 spiro atoms. The standard InChI is InChI=1S/C34H42N4O10S4/c1-22-23(8-14-31-33(2,3)27-20-25(49-48-47-35)10-12-29(27)37(31)16-18-50(39,40)41)6-7-24(22)9-15-32-34(4,5)28-21-26(52(36,45)46)11-13-30(28)38(32)17-19-51(42,43)44/h8-15,20-21H,6-7,16-19,35H2,1-5H3,(H3-,36,39,40,41,42,43,44,45,46)/p-1. The van der Waals surface area contributed by atoms with Gasteiger partial charge in [-0.05, 0) is 92.3 Å². The molecule has 0 radical (unpaired) electrons. The zero-order valence-corrected chi connectivity index (χ0v) is 32.5. The van der Waals surface area contributed by atoms with Crippen LogP contribution < -0.4 is 15.9 Å². The maximum absolute atomic E-state index is 12.2. The zero-order valence-electron chi connectivity index (χ0n) is 29.3. The van der Waals surface area contributed by atoms with Gasteiger partial charge in [0.05, 0.1) is 44.0 Å². The Kier molecular flexibility index (Phi) is 11.2. The third kappa shape index (κ3) is 8.46. The number of sulfonamides is 1. The molecule has 1 aliphatic carbocycles. The summed E-state index contributed by atoms with van der Waals surface area (Å²) in [5.74, 6) is 3.78. The van der Waals surface area contributed by atoms with Crippen LogP contribution in [0.1, 0.15) is 58.6 Å². The number of benzene rings is 2. The summed E-state index contributed by atoms with van der Waals surface area (Å²) in [6.45, 7) is 9.65. The average molecular weight is 794 g/mol. The fourth-order valence-corrected chi connectivity index (χ4v) is 8.87. The van der Waals surface area contributed by atoms with Gasteiger partial charge in [-0.2, -0.15) is 10.5 Å². The summed E-state index contributed by atoms with van der Waals surface area (Å²) in [6, 6.07) is 9.94. The quantitative estimate of drug-likeness (QED) is 0.0966. The maximum atomic E-state index is 12.2. The molecule has 0 saturated heterocycles. The molecule has 0 saturated carbocycles. The third-order valence-corrected chi connectivity index (χ3v) is 12.7. The summed E-state index contributed by atoms with van der Waals surface area (Å²) in [5, 5.41) is 5.41. The Morgan fingerprint density at radius 3 is 2.23 bits per heavy atom. The zero-order chi connectivity index (χ0) is 38.4. The van der Waals surface area contributed by atoms with Crippen LogP contribution in [0.15, 0.2) is 92.9 Å². The first kappa shape index (κ1) is 40.0. The van der Waals surface area contributed by atoms with Crippen LogP contribution in [0.25, 0.3) is 0 Å². The molecule has 2 aliphatic heterocycles. The minimum absolute atomic E-state index is 0.0331. The summed E-state index contributed by atoms with van der Waals surface area (Å²) >= 11 is 0.927. The van der Waals surface area contributed by atoms with Crippen molar-refractivity contribution in [2.45, 2.75) is 68.1 Å². The predicted octanol–water partition coefficient (Wildman–Crippen LogP) is 3.90. The first-order valence-electron chi connectivity index (χ1n) is 16.2. The van der Waals surface area contributed by atoms with Gasteiger partial charge < -0.3 is 14.0 Å². The van der Waals surface area contributed by atoms with E-state index in [1.165, 1.54) is 12.1 Å². The van der Waals surface area contributed by atoms with Crippen molar-refractivity contribution in [3.63, 3.8) is 0 Å². The number of anilines is 1. The summed E-state index contributed by atoms with van der Waals surface area (Å²) in [7, 11) is -13.0. The van der Waals surface area contributed by atoms with Crippen molar-refractivity contribution in [1.82, 2.24) is 0 Å². The van der Waals surface area contributed by atoms with Crippen molar-refractivity contribution in [1.29, 1.82) is 0 Å². The lowest BCUT2D eigenvalue weighted by atomic mass is 9.81. The monoisotopic (exact) mass is 793 g/mol. The van der Waals surface area contributed by atoms with E-state index in [0.717, 1.165) is 45.7 Å². The molecule has 3 aliphatic rings. The molecule has 0 unspecified atom stereocenters. The van der Waals surface area contributed by atoms with Crippen LogP contribution in [0, 0.1) is 0 Å². The van der Waals surface area contributed by atoms with Crippen LogP contribution in [0.4, 0.5) is 11.4 Å². The highest BCUT2D eigenvalue weighted by Crippen LogP contribution is 2.49. The molecule has 5 rings (SSSR count). The molecule has 0 amide bonds. The highest BCUT2D eigenvalue weighted by molar-refractivity contribution is 7.94. The number of rotatable bonds is 13. The smallest absolute Gasteiger partial charge is 0.238 e. The Balaban J connectivity index is 1.51. The van der Waals surface area contributed by atoms with E-state index in [0.29, 0.717) is 34.7 Å². The van der Waals surface area contributed by atoms with Gasteiger partial charge in [0.2, 0.25) is 15.7 Å². The molecule has 18 heteroatoms. The van der Waals surface area contributed by atoms with Crippen LogP contribution in [0.2, 0.25) is 0 Å². The van der Waals surface area contributed by atoms with Gasteiger partial charge in [0.1, 0.15) is 10.1 Å². The maximum Gasteiger partial charge on any atom is 0.238 e. The fraction of sp³-hybridized carbons (Fsp3) is 0.382. The van der Waals surface area contributed by atoms with Gasteiger partial charge in [0, 0.05) is 45.9 Å². The van der Waals surface area contributed by atoms with Crippen LogP contribution in [0.3, 0.4) is 0 Å². The van der Waals surface area contributed by atoms with Gasteiger partial charge in [0.15, 0.2) is 12.3 Å². The van der Waals surface area contributed by atoms with E-state index in [1.54, 1.807) is 17.0 Å². The second-order valence-electron chi connectivity index (χ2n) is 13.8. The lowest BCUT2D eigenvalue weighted by Gasteiger charge is -2.27. The van der Waals surface area contributed by atoms with Gasteiger partial charge >= 0.3 is 0 Å². The van der Waals surface area contributed by atoms with Crippen molar-refractivity contribution in [2.24, 2.45) is 11.0 Å². The second kappa shape index (κ2) is 14.6. The summed E-state index contributed by atoms with van der Waals surface area (Å²) in [6.07, 6.45) is 9.21. The number of hydrogen-bond donors (Lipinski definition) is 2. The SMILES string of the molecule is CC1=C(/C=C/C2=[N+](CCS(=O)(=O)[O-])c3ccc(SOON)cc3C2(C)C)CC/C1=C\C=C1\N(CCS(=O)(=O)[O-])c2ccc(S(N)(=O)=O)cc2C1(C)C. The number of fused-ring (bicyclic) bond motifs is 2. The molecule has 0 fully saturated rings. The van der Waals surface area contributed by atoms with Crippen LogP contribution in [0.5, 0.6) is 0 Å². The highest BCUT2D eigenvalue weighted by atomic mass is 32.2. The minimum atomic E-state index is -4.55. The number of nitrogens with two attached hydrogens (primary N) is 2. The molecule has 0 atom stereocenters. The Hall–Kier alpha value is -3.17. The number of nitrogens with zero attached hydrogens (tertiary/aromatic N) is 2. The first-order valence-corrected chi connectivity index (χ1v) is 21.6. The molecule has 52 heavy (non-hydrogen) atoms. The van der Waals surface area contributed by atoms with Gasteiger partial charge in [-0.1, -0.05) is 26.0 Å². The Morgan fingerprint density at radius 1 is 0.904 bits per heavy atom. The molecule has 14 nitrogen and oxygen atoms in total. The van der Waals surface area contributed by atoms with Crippen molar-refractivity contribution in [2.75, 3.05) is 29.5 Å². The molecular formula is C34H41N4O10S4-. The Morgan fingerprint density at radius 2 is 1.60 bits per heavy atom. The molecule has 282 valence electrons. The molecule has 2 heterocycles. The number of primary sulfonamides is 1. The normalized spacial score (nSPS) is 20.2. The highest BCUT2D eigenvalue weighted by Gasteiger charge is 2.45. The largest absolute Gasteiger partial charge is 0.748 e. The van der Waals surface area contributed by atoms with Crippen LogP contribution in [-0.4, -0.2) is 69.2 Å². The van der Waals surface area contributed by atoms with Crippen LogP contribution >= 0.6 is 12.0 Å². The van der Waals surface area contributed by atoms with Crippen molar-refractivity contribution < 1.29 is 48.3 Å². The summed E-state index contributed by atoms with van der Waals surface area (Å²) in [4.78, 5) is 6.60. The molecule has 2 aromatic carbocycles. The summed E-state index contributed by atoms with van der Waals surface area (Å²) in [5.41, 5.74) is 6.12. The van der Waals surface area contributed by atoms with Gasteiger partial charge in [-0.15, -0.1) is 9.32 Å². The first-order chi connectivity index (χ1) is 24.0. The van der Waals surface area contributed by atoms with Crippen molar-refractivity contribution in [3.05, 3.63) is 94.2 Å². The van der Waals surface area contributed by atoms with Gasteiger partial charge in [-0.25, -0.2) is 30.4 Å². The van der Waals surface area contributed by atoms with E-state index >= 15 is 0 Å². The van der Waals surface area contributed by atoms with E-state index in [-0.39, 0.29) is 18.0 Å². The van der Waals surface area contributed by atoms with Gasteiger partial charge in [0.25, 0.3) is 0 Å². The third-order valence-electron chi connectivity index (χ3n) is 9.87. The molecule has 4 N–H and O–H groups in total. The van der Waals surface area contributed by atoms with Gasteiger partial charge in [-0.3, -0.25) is 0 Å². The van der Waals surface area contributed by atoms with E-state index < -0.39 is 52.6 Å². The van der Waals surface area contributed by atoms with E-state index in [4.69, 9.17) is 15.4 Å². The number of allylic oxidation sites excluding steroid dienone is 8. The Labute approximate surface area is 309 Å². The molecule has 2 aromatic rings. The second-order valence-corrected chi connectivity index (χ2v) is 19.2. The lowest BCUT2D eigenvalue weighted by molar-refractivity contribution is -0.432. The van der Waals surface area contributed by atoms with Crippen LogP contribution in [-0.2, 0) is 50.4 Å². The van der Waals surface area contributed by atoms with Crippen molar-refractivity contribution in [3.8, 4) is 0 Å². The molecular weight excluding hydrogens is 753 g/mol. The summed E-state index contributed by atoms with van der Waals surface area (Å²) < 4.78 is 101. The van der Waals surface area contributed by atoms with E-state index in [9.17, 15) is 34.4 Å². The Bertz CT molecular complexity index is 2290.